The highest BCUT2D eigenvalue weighted by molar-refractivity contribution is 6.10. The van der Waals surface area contributed by atoms with Crippen LogP contribution in [-0.2, 0) is 4.79 Å². The summed E-state index contributed by atoms with van der Waals surface area (Å²) in [4.78, 5) is 13.4. The van der Waals surface area contributed by atoms with Crippen LogP contribution in [0.4, 0.5) is 5.69 Å². The first-order chi connectivity index (χ1) is 14.9. The molecule has 4 heteroatoms. The molecule has 1 N–H and O–H groups in total. The van der Waals surface area contributed by atoms with Gasteiger partial charge in [0.2, 0.25) is 0 Å². The lowest BCUT2D eigenvalue weighted by atomic mass is 9.68. The highest BCUT2D eigenvalue weighted by atomic mass is 16.5. The van der Waals surface area contributed by atoms with Crippen molar-refractivity contribution in [3.63, 3.8) is 0 Å². The number of methoxy groups -OCH3 is 2. The summed E-state index contributed by atoms with van der Waals surface area (Å²) in [6, 6.07) is 18.5. The average Bonchev–Trinajstić information content (AvgIpc) is 2.76. The van der Waals surface area contributed by atoms with Crippen molar-refractivity contribution in [2.24, 2.45) is 5.41 Å². The second-order valence-corrected chi connectivity index (χ2v) is 9.27. The zero-order valence-corrected chi connectivity index (χ0v) is 18.4. The number of Topliss-reactive ketones (excluding diaryl/α,β-unsaturated/α-hetero) is 1. The van der Waals surface area contributed by atoms with E-state index in [0.29, 0.717) is 17.9 Å². The maximum atomic E-state index is 13.4. The smallest absolute Gasteiger partial charge is 0.162 e. The zero-order valence-electron chi connectivity index (χ0n) is 18.4. The summed E-state index contributed by atoms with van der Waals surface area (Å²) in [7, 11) is 3.27. The van der Waals surface area contributed by atoms with Gasteiger partial charge in [0.1, 0.15) is 0 Å². The van der Waals surface area contributed by atoms with Crippen molar-refractivity contribution in [3.05, 3.63) is 71.3 Å². The molecule has 2 aliphatic rings. The van der Waals surface area contributed by atoms with Gasteiger partial charge in [-0.15, -0.1) is 0 Å². The van der Waals surface area contributed by atoms with Gasteiger partial charge in [0.15, 0.2) is 17.3 Å². The molecular formula is C27H27NO3. The van der Waals surface area contributed by atoms with Gasteiger partial charge in [-0.05, 0) is 58.0 Å². The third kappa shape index (κ3) is 3.27. The molecule has 1 atom stereocenters. The summed E-state index contributed by atoms with van der Waals surface area (Å²) in [5, 5.41) is 6.05. The lowest BCUT2D eigenvalue weighted by Crippen LogP contribution is -2.33. The molecule has 1 heterocycles. The molecule has 1 unspecified atom stereocenters. The summed E-state index contributed by atoms with van der Waals surface area (Å²) in [5.41, 5.74) is 5.21. The molecule has 3 aromatic rings. The zero-order chi connectivity index (χ0) is 21.8. The molecule has 0 saturated carbocycles. The first-order valence-electron chi connectivity index (χ1n) is 10.7. The third-order valence-corrected chi connectivity index (χ3v) is 6.46. The van der Waals surface area contributed by atoms with Crippen LogP contribution in [0.3, 0.4) is 0 Å². The number of carbonyl (C=O) groups excluding carboxylic acids is 1. The van der Waals surface area contributed by atoms with E-state index in [1.165, 1.54) is 16.3 Å². The number of benzene rings is 3. The summed E-state index contributed by atoms with van der Waals surface area (Å²) in [5.74, 6) is 1.56. The Morgan fingerprint density at radius 2 is 1.61 bits per heavy atom. The van der Waals surface area contributed by atoms with Crippen LogP contribution in [0.1, 0.15) is 43.9 Å². The number of rotatable bonds is 3. The van der Waals surface area contributed by atoms with E-state index >= 15 is 0 Å². The highest BCUT2D eigenvalue weighted by Gasteiger charge is 2.40. The van der Waals surface area contributed by atoms with Gasteiger partial charge in [0.25, 0.3) is 0 Å². The van der Waals surface area contributed by atoms with Crippen LogP contribution >= 0.6 is 0 Å². The molecule has 0 radical (unpaired) electrons. The summed E-state index contributed by atoms with van der Waals surface area (Å²) < 4.78 is 11.0. The fraction of sp³-hybridized carbons (Fsp3) is 0.296. The van der Waals surface area contributed by atoms with E-state index in [1.54, 1.807) is 14.2 Å². The quantitative estimate of drug-likeness (QED) is 0.558. The van der Waals surface area contributed by atoms with E-state index in [-0.39, 0.29) is 17.2 Å². The predicted molar refractivity (Wildman–Crippen MR) is 125 cm³/mol. The molecule has 5 rings (SSSR count). The van der Waals surface area contributed by atoms with Crippen molar-refractivity contribution in [2.75, 3.05) is 19.5 Å². The number of allylic oxidation sites excluding steroid dienone is 1. The van der Waals surface area contributed by atoms with E-state index in [2.05, 4.69) is 55.6 Å². The summed E-state index contributed by atoms with van der Waals surface area (Å²) >= 11 is 0. The van der Waals surface area contributed by atoms with Gasteiger partial charge in [-0.3, -0.25) is 4.79 Å². The van der Waals surface area contributed by atoms with E-state index in [1.807, 2.05) is 18.2 Å². The fourth-order valence-corrected chi connectivity index (χ4v) is 5.03. The Balaban J connectivity index is 1.73. The molecule has 0 spiro atoms. The number of nitrogens with one attached hydrogen (secondary N) is 1. The molecule has 0 aromatic heterocycles. The monoisotopic (exact) mass is 413 g/mol. The van der Waals surface area contributed by atoms with Crippen LogP contribution in [-0.4, -0.2) is 20.0 Å². The Bertz CT molecular complexity index is 1240. The van der Waals surface area contributed by atoms with Crippen molar-refractivity contribution in [3.8, 4) is 11.5 Å². The van der Waals surface area contributed by atoms with E-state index in [9.17, 15) is 4.79 Å². The second kappa shape index (κ2) is 7.16. The number of hydrogen-bond donors (Lipinski definition) is 1. The number of fused-ring (bicyclic) bond motifs is 3. The number of anilines is 1. The van der Waals surface area contributed by atoms with Gasteiger partial charge < -0.3 is 14.8 Å². The maximum absolute atomic E-state index is 13.4. The van der Waals surface area contributed by atoms with Crippen molar-refractivity contribution < 1.29 is 14.3 Å². The Morgan fingerprint density at radius 3 is 2.32 bits per heavy atom. The van der Waals surface area contributed by atoms with Crippen molar-refractivity contribution in [1.29, 1.82) is 0 Å². The Labute approximate surface area is 182 Å². The highest BCUT2D eigenvalue weighted by Crippen LogP contribution is 2.51. The standard InChI is InChI=1S/C27H27NO3/c1-27(2)14-20-19-11-16-7-5-6-8-17(16)12-21(19)28-26(25(20)22(29)15-27)18-9-10-23(30-3)24(13-18)31-4/h5-13,26,28H,14-15H2,1-4H3. The molecule has 0 saturated heterocycles. The van der Waals surface area contributed by atoms with Gasteiger partial charge >= 0.3 is 0 Å². The maximum Gasteiger partial charge on any atom is 0.162 e. The van der Waals surface area contributed by atoms with Crippen LogP contribution < -0.4 is 14.8 Å². The first-order valence-corrected chi connectivity index (χ1v) is 10.7. The van der Waals surface area contributed by atoms with E-state index in [0.717, 1.165) is 28.8 Å². The molecule has 4 nitrogen and oxygen atoms in total. The van der Waals surface area contributed by atoms with Gasteiger partial charge in [-0.2, -0.15) is 0 Å². The largest absolute Gasteiger partial charge is 0.493 e. The van der Waals surface area contributed by atoms with Crippen molar-refractivity contribution in [1.82, 2.24) is 0 Å². The van der Waals surface area contributed by atoms with Crippen LogP contribution in [0.5, 0.6) is 11.5 Å². The van der Waals surface area contributed by atoms with Gasteiger partial charge in [0.05, 0.1) is 20.3 Å². The second-order valence-electron chi connectivity index (χ2n) is 9.27. The Hall–Kier alpha value is -3.27. The number of hydrogen-bond acceptors (Lipinski definition) is 4. The van der Waals surface area contributed by atoms with Crippen molar-refractivity contribution >= 4 is 27.8 Å². The third-order valence-electron chi connectivity index (χ3n) is 6.46. The molecule has 1 aliphatic carbocycles. The van der Waals surface area contributed by atoms with Crippen LogP contribution in [0.2, 0.25) is 0 Å². The number of ether oxygens (including phenoxy) is 2. The molecule has 31 heavy (non-hydrogen) atoms. The molecule has 3 aromatic carbocycles. The fourth-order valence-electron chi connectivity index (χ4n) is 5.03. The predicted octanol–water partition coefficient (Wildman–Crippen LogP) is 6.17. The number of ketones is 1. The molecule has 0 amide bonds. The topological polar surface area (TPSA) is 47.6 Å². The van der Waals surface area contributed by atoms with E-state index < -0.39 is 0 Å². The van der Waals surface area contributed by atoms with Crippen molar-refractivity contribution in [2.45, 2.75) is 32.7 Å². The SMILES string of the molecule is COc1ccc(C2Nc3cc4ccccc4cc3C3=C2C(=O)CC(C)(C)C3)cc1OC. The molecule has 0 fully saturated rings. The normalized spacial score (nSPS) is 19.5. The molecule has 158 valence electrons. The summed E-state index contributed by atoms with van der Waals surface area (Å²) in [6.45, 7) is 4.37. The average molecular weight is 414 g/mol. The molecule has 1 aliphatic heterocycles. The van der Waals surface area contributed by atoms with Crippen LogP contribution in [0.25, 0.3) is 16.3 Å². The minimum atomic E-state index is -0.216. The van der Waals surface area contributed by atoms with Crippen LogP contribution in [0, 0.1) is 5.41 Å². The lowest BCUT2D eigenvalue weighted by molar-refractivity contribution is -0.118. The van der Waals surface area contributed by atoms with Crippen LogP contribution in [0.15, 0.2) is 60.2 Å². The van der Waals surface area contributed by atoms with E-state index in [4.69, 9.17) is 9.47 Å². The Kier molecular flexibility index (Phi) is 4.54. The van der Waals surface area contributed by atoms with Gasteiger partial charge in [-0.1, -0.05) is 44.2 Å². The van der Waals surface area contributed by atoms with Gasteiger partial charge in [0, 0.05) is 23.2 Å². The minimum Gasteiger partial charge on any atom is -0.493 e. The Morgan fingerprint density at radius 1 is 0.903 bits per heavy atom. The van der Waals surface area contributed by atoms with Gasteiger partial charge in [-0.25, -0.2) is 0 Å². The molecule has 0 bridgehead atoms. The molecular weight excluding hydrogens is 386 g/mol. The first kappa shape index (κ1) is 19.7. The number of carbonyl (C=O) groups is 1. The minimum absolute atomic E-state index is 0.0572. The lowest BCUT2D eigenvalue weighted by Gasteiger charge is -2.40. The summed E-state index contributed by atoms with van der Waals surface area (Å²) in [6.07, 6.45) is 1.44.